The Hall–Kier alpha value is -3.26. The fourth-order valence-corrected chi connectivity index (χ4v) is 3.86. The Balaban J connectivity index is 1.69. The molecule has 7 nitrogen and oxygen atoms in total. The third kappa shape index (κ3) is 5.27. The van der Waals surface area contributed by atoms with E-state index in [-0.39, 0.29) is 11.4 Å². The van der Waals surface area contributed by atoms with Crippen molar-refractivity contribution in [2.24, 2.45) is 0 Å². The van der Waals surface area contributed by atoms with Crippen molar-refractivity contribution >= 4 is 34.9 Å². The first-order valence-corrected chi connectivity index (χ1v) is 10.4. The number of benzene rings is 2. The average molecular weight is 441 g/mol. The second kappa shape index (κ2) is 9.70. The first kappa shape index (κ1) is 22.4. The number of hydrogen-bond donors (Lipinski definition) is 1. The Morgan fingerprint density at radius 2 is 1.71 bits per heavy atom. The van der Waals surface area contributed by atoms with Gasteiger partial charge in [0.1, 0.15) is 6.54 Å². The predicted octanol–water partition coefficient (Wildman–Crippen LogP) is 3.67. The molecule has 2 aromatic carbocycles. The van der Waals surface area contributed by atoms with Crippen LogP contribution in [0.15, 0.2) is 41.3 Å². The number of imide groups is 1. The van der Waals surface area contributed by atoms with Crippen LogP contribution in [0, 0.1) is 13.8 Å². The molecule has 3 rings (SSSR count). The van der Waals surface area contributed by atoms with Crippen LogP contribution in [-0.2, 0) is 16.1 Å². The van der Waals surface area contributed by atoms with Gasteiger partial charge in [0.25, 0.3) is 11.1 Å². The van der Waals surface area contributed by atoms with E-state index in [9.17, 15) is 14.4 Å². The zero-order valence-electron chi connectivity index (χ0n) is 17.9. The molecule has 1 fully saturated rings. The number of hydrogen-bond acceptors (Lipinski definition) is 6. The summed E-state index contributed by atoms with van der Waals surface area (Å²) < 4.78 is 10.6. The van der Waals surface area contributed by atoms with Crippen molar-refractivity contribution in [3.8, 4) is 11.5 Å². The van der Waals surface area contributed by atoms with Crippen molar-refractivity contribution in [2.75, 3.05) is 20.8 Å². The zero-order valence-corrected chi connectivity index (χ0v) is 18.7. The lowest BCUT2D eigenvalue weighted by Gasteiger charge is -2.13. The van der Waals surface area contributed by atoms with E-state index < -0.39 is 17.1 Å². The van der Waals surface area contributed by atoms with Crippen molar-refractivity contribution in [2.45, 2.75) is 20.4 Å². The van der Waals surface area contributed by atoms with E-state index in [1.807, 2.05) is 38.1 Å². The Bertz CT molecular complexity index is 1050. The summed E-state index contributed by atoms with van der Waals surface area (Å²) in [5, 5.41) is 2.27. The van der Waals surface area contributed by atoms with Gasteiger partial charge in [-0.15, -0.1) is 0 Å². The first-order chi connectivity index (χ1) is 14.8. The van der Waals surface area contributed by atoms with Crippen molar-refractivity contribution < 1.29 is 23.9 Å². The molecule has 8 heteroatoms. The van der Waals surface area contributed by atoms with Gasteiger partial charge in [-0.25, -0.2) is 0 Å². The van der Waals surface area contributed by atoms with Gasteiger partial charge in [-0.05, 0) is 60.5 Å². The Labute approximate surface area is 185 Å². The fraction of sp³-hybridized carbons (Fsp3) is 0.261. The molecule has 0 radical (unpaired) electrons. The number of methoxy groups -OCH3 is 2. The van der Waals surface area contributed by atoms with Crippen LogP contribution in [0.3, 0.4) is 0 Å². The summed E-state index contributed by atoms with van der Waals surface area (Å²) in [7, 11) is 3.08. The Morgan fingerprint density at radius 3 is 2.35 bits per heavy atom. The largest absolute Gasteiger partial charge is 0.493 e. The number of nitrogens with one attached hydrogen (secondary N) is 1. The molecule has 31 heavy (non-hydrogen) atoms. The van der Waals surface area contributed by atoms with Gasteiger partial charge in [-0.1, -0.05) is 29.8 Å². The molecule has 0 saturated carbocycles. The highest BCUT2D eigenvalue weighted by atomic mass is 32.2. The van der Waals surface area contributed by atoms with Crippen LogP contribution >= 0.6 is 11.8 Å². The van der Waals surface area contributed by atoms with Gasteiger partial charge in [-0.2, -0.15) is 0 Å². The third-order valence-corrected chi connectivity index (χ3v) is 5.75. The predicted molar refractivity (Wildman–Crippen MR) is 120 cm³/mol. The van der Waals surface area contributed by atoms with Crippen LogP contribution in [-0.4, -0.2) is 42.7 Å². The molecular formula is C23H24N2O5S. The van der Waals surface area contributed by atoms with Crippen molar-refractivity contribution in [1.82, 2.24) is 10.2 Å². The molecule has 3 amide bonds. The summed E-state index contributed by atoms with van der Waals surface area (Å²) in [6.07, 6.45) is 1.63. The molecule has 162 valence electrons. The van der Waals surface area contributed by atoms with E-state index in [0.29, 0.717) is 18.0 Å². The summed E-state index contributed by atoms with van der Waals surface area (Å²) in [6.45, 7) is 3.87. The van der Waals surface area contributed by atoms with E-state index >= 15 is 0 Å². The molecule has 0 aromatic heterocycles. The van der Waals surface area contributed by atoms with Crippen LogP contribution in [0.4, 0.5) is 4.79 Å². The van der Waals surface area contributed by atoms with Crippen LogP contribution in [0.25, 0.3) is 6.08 Å². The molecule has 2 aromatic rings. The summed E-state index contributed by atoms with van der Waals surface area (Å²) in [4.78, 5) is 38.6. The lowest BCUT2D eigenvalue weighted by Crippen LogP contribution is -2.39. The molecule has 1 heterocycles. The summed E-state index contributed by atoms with van der Waals surface area (Å²) in [5.74, 6) is 0.214. The molecule has 0 bridgehead atoms. The lowest BCUT2D eigenvalue weighted by molar-refractivity contribution is -0.129. The smallest absolute Gasteiger partial charge is 0.294 e. The van der Waals surface area contributed by atoms with Gasteiger partial charge in [0, 0.05) is 6.54 Å². The van der Waals surface area contributed by atoms with E-state index in [4.69, 9.17) is 9.47 Å². The first-order valence-electron chi connectivity index (χ1n) is 9.62. The van der Waals surface area contributed by atoms with Crippen LogP contribution in [0.2, 0.25) is 0 Å². The molecule has 1 aliphatic rings. The fourth-order valence-electron chi connectivity index (χ4n) is 3.04. The lowest BCUT2D eigenvalue weighted by atomic mass is 10.1. The number of carbonyl (C=O) groups excluding carboxylic acids is 3. The number of carbonyl (C=O) groups is 3. The summed E-state index contributed by atoms with van der Waals surface area (Å²) in [6, 6.07) is 11.3. The highest BCUT2D eigenvalue weighted by Crippen LogP contribution is 2.35. The highest BCUT2D eigenvalue weighted by Gasteiger charge is 2.36. The molecular weight excluding hydrogens is 416 g/mol. The van der Waals surface area contributed by atoms with Crippen LogP contribution in [0.5, 0.6) is 11.5 Å². The van der Waals surface area contributed by atoms with Gasteiger partial charge in [0.2, 0.25) is 5.91 Å². The zero-order chi connectivity index (χ0) is 22.5. The molecule has 1 saturated heterocycles. The topological polar surface area (TPSA) is 84.9 Å². The minimum Gasteiger partial charge on any atom is -0.493 e. The molecule has 0 aliphatic carbocycles. The molecule has 1 N–H and O–H groups in total. The van der Waals surface area contributed by atoms with Crippen molar-refractivity contribution in [3.05, 3.63) is 63.6 Å². The van der Waals surface area contributed by atoms with E-state index in [0.717, 1.165) is 38.9 Å². The summed E-state index contributed by atoms with van der Waals surface area (Å²) in [5.41, 5.74) is 3.66. The maximum atomic E-state index is 12.7. The minimum atomic E-state index is -0.491. The number of aryl methyl sites for hydroxylation is 2. The van der Waals surface area contributed by atoms with Crippen molar-refractivity contribution in [3.63, 3.8) is 0 Å². The highest BCUT2D eigenvalue weighted by molar-refractivity contribution is 8.18. The number of amides is 3. The summed E-state index contributed by atoms with van der Waals surface area (Å²) >= 11 is 0.813. The number of ether oxygens (including phenoxy) is 2. The molecule has 0 spiro atoms. The van der Waals surface area contributed by atoms with E-state index in [1.54, 1.807) is 25.3 Å². The van der Waals surface area contributed by atoms with Gasteiger partial charge in [0.15, 0.2) is 11.5 Å². The maximum absolute atomic E-state index is 12.7. The normalized spacial score (nSPS) is 14.8. The van der Waals surface area contributed by atoms with E-state index in [1.165, 1.54) is 7.11 Å². The molecule has 0 atom stereocenters. The Morgan fingerprint density at radius 1 is 1.06 bits per heavy atom. The van der Waals surface area contributed by atoms with E-state index in [2.05, 4.69) is 5.32 Å². The van der Waals surface area contributed by atoms with Gasteiger partial charge < -0.3 is 14.8 Å². The molecule has 1 aliphatic heterocycles. The SMILES string of the molecule is COc1cc(C)c(/C=C2\SC(=O)N(CC(=O)NCc3ccc(C)cc3)C2=O)cc1OC. The van der Waals surface area contributed by atoms with Crippen molar-refractivity contribution in [1.29, 1.82) is 0 Å². The average Bonchev–Trinajstić information content (AvgIpc) is 3.01. The second-order valence-electron chi connectivity index (χ2n) is 7.09. The van der Waals surface area contributed by atoms with Gasteiger partial charge >= 0.3 is 0 Å². The number of thioether (sulfide) groups is 1. The second-order valence-corrected chi connectivity index (χ2v) is 8.09. The number of rotatable bonds is 7. The monoisotopic (exact) mass is 440 g/mol. The standard InChI is InChI=1S/C23H24N2O5S/c1-14-5-7-16(8-6-14)12-24-21(26)13-25-22(27)20(31-23(25)28)11-17-10-19(30-4)18(29-3)9-15(17)2/h5-11H,12-13H2,1-4H3,(H,24,26)/b20-11-. The van der Waals surface area contributed by atoms with Crippen LogP contribution < -0.4 is 14.8 Å². The quantitative estimate of drug-likeness (QED) is 0.662. The Kier molecular flexibility index (Phi) is 7.02. The third-order valence-electron chi connectivity index (χ3n) is 4.84. The maximum Gasteiger partial charge on any atom is 0.294 e. The van der Waals surface area contributed by atoms with Crippen LogP contribution in [0.1, 0.15) is 22.3 Å². The molecule has 0 unspecified atom stereocenters. The van der Waals surface area contributed by atoms with Gasteiger partial charge in [-0.3, -0.25) is 19.3 Å². The number of nitrogens with zero attached hydrogens (tertiary/aromatic N) is 1. The van der Waals surface area contributed by atoms with Gasteiger partial charge in [0.05, 0.1) is 19.1 Å². The minimum absolute atomic E-state index is 0.256.